The average molecular weight is 411 g/mol. The minimum absolute atomic E-state index is 0.0164. The van der Waals surface area contributed by atoms with E-state index in [-0.39, 0.29) is 15.5 Å². The number of rotatable bonds is 5. The highest BCUT2D eigenvalue weighted by molar-refractivity contribution is 8.00. The lowest BCUT2D eigenvalue weighted by Gasteiger charge is -2.10. The molecule has 5 nitrogen and oxygen atoms in total. The number of hydrogen-bond donors (Lipinski definition) is 2. The summed E-state index contributed by atoms with van der Waals surface area (Å²) in [6.45, 7) is 0. The second-order valence-corrected chi connectivity index (χ2v) is 9.50. The van der Waals surface area contributed by atoms with Crippen LogP contribution in [0.5, 0.6) is 0 Å². The maximum absolute atomic E-state index is 12.4. The number of nitrogens with two attached hydrogens (primary N) is 1. The van der Waals surface area contributed by atoms with Crippen molar-refractivity contribution < 1.29 is 13.2 Å². The first kappa shape index (κ1) is 19.2. The molecule has 0 radical (unpaired) electrons. The van der Waals surface area contributed by atoms with E-state index in [9.17, 15) is 13.2 Å². The number of carbonyl (C=O) groups is 1. The zero-order chi connectivity index (χ0) is 18.7. The van der Waals surface area contributed by atoms with E-state index in [0.29, 0.717) is 10.9 Å². The molecule has 2 aromatic rings. The predicted molar refractivity (Wildman–Crippen MR) is 105 cm³/mol. The fraction of sp³-hybridized carbons (Fsp3) is 0.278. The summed E-state index contributed by atoms with van der Waals surface area (Å²) in [6.07, 6.45) is 5.11. The molecule has 1 aliphatic carbocycles. The zero-order valence-electron chi connectivity index (χ0n) is 13.9. The molecule has 2 aromatic carbocycles. The molecular formula is C18H19ClN2O3S2. The van der Waals surface area contributed by atoms with E-state index in [1.54, 1.807) is 0 Å². The van der Waals surface area contributed by atoms with Gasteiger partial charge in [-0.2, -0.15) is 0 Å². The molecule has 1 fully saturated rings. The van der Waals surface area contributed by atoms with Crippen molar-refractivity contribution in [2.75, 3.05) is 5.32 Å². The Morgan fingerprint density at radius 2 is 1.77 bits per heavy atom. The first-order chi connectivity index (χ1) is 12.3. The smallest absolute Gasteiger partial charge is 0.255 e. The first-order valence-corrected chi connectivity index (χ1v) is 11.0. The first-order valence-electron chi connectivity index (χ1n) is 8.23. The van der Waals surface area contributed by atoms with Crippen LogP contribution in [0.15, 0.2) is 52.3 Å². The Morgan fingerprint density at radius 3 is 2.38 bits per heavy atom. The standard InChI is InChI=1S/C18H19ClN2O3S2/c19-16-10-5-12(11-17(16)26(20,23)24)18(22)21-13-6-8-15(9-7-13)25-14-3-1-2-4-14/h5-11,14H,1-4H2,(H,21,22)(H2,20,23,24). The van der Waals surface area contributed by atoms with E-state index in [0.717, 1.165) is 0 Å². The van der Waals surface area contributed by atoms with E-state index in [4.69, 9.17) is 16.7 Å². The number of hydrogen-bond acceptors (Lipinski definition) is 4. The van der Waals surface area contributed by atoms with E-state index in [2.05, 4.69) is 5.32 Å². The number of anilines is 1. The molecule has 0 saturated heterocycles. The highest BCUT2D eigenvalue weighted by Crippen LogP contribution is 2.35. The molecule has 8 heteroatoms. The van der Waals surface area contributed by atoms with Gasteiger partial charge in [0.15, 0.2) is 0 Å². The van der Waals surface area contributed by atoms with Gasteiger partial charge in [-0.1, -0.05) is 24.4 Å². The molecule has 0 spiro atoms. The normalized spacial score (nSPS) is 15.2. The van der Waals surface area contributed by atoms with Gasteiger partial charge in [0, 0.05) is 21.4 Å². The quantitative estimate of drug-likeness (QED) is 0.769. The van der Waals surface area contributed by atoms with Crippen molar-refractivity contribution in [3.8, 4) is 0 Å². The second kappa shape index (κ2) is 8.00. The number of halogens is 1. The molecule has 138 valence electrons. The summed E-state index contributed by atoms with van der Waals surface area (Å²) in [5.74, 6) is -0.428. The largest absolute Gasteiger partial charge is 0.322 e. The van der Waals surface area contributed by atoms with Gasteiger partial charge >= 0.3 is 0 Å². The summed E-state index contributed by atoms with van der Waals surface area (Å²) in [4.78, 5) is 13.3. The number of primary sulfonamides is 1. The summed E-state index contributed by atoms with van der Waals surface area (Å²) in [5, 5.41) is 8.53. The molecular weight excluding hydrogens is 392 g/mol. The number of sulfonamides is 1. The Morgan fingerprint density at radius 1 is 1.12 bits per heavy atom. The third kappa shape index (κ3) is 4.79. The average Bonchev–Trinajstić information content (AvgIpc) is 3.09. The van der Waals surface area contributed by atoms with Crippen LogP contribution in [0.4, 0.5) is 5.69 Å². The van der Waals surface area contributed by atoms with Crippen LogP contribution in [-0.2, 0) is 10.0 Å². The minimum atomic E-state index is -3.99. The fourth-order valence-corrected chi connectivity index (χ4v) is 5.20. The highest BCUT2D eigenvalue weighted by Gasteiger charge is 2.17. The summed E-state index contributed by atoms with van der Waals surface area (Å²) < 4.78 is 23.1. The molecule has 0 bridgehead atoms. The monoisotopic (exact) mass is 410 g/mol. The Balaban J connectivity index is 1.70. The van der Waals surface area contributed by atoms with Gasteiger partial charge in [0.1, 0.15) is 4.90 Å². The van der Waals surface area contributed by atoms with E-state index in [1.165, 1.54) is 48.8 Å². The lowest BCUT2D eigenvalue weighted by Crippen LogP contribution is -2.16. The lowest BCUT2D eigenvalue weighted by molar-refractivity contribution is 0.102. The summed E-state index contributed by atoms with van der Waals surface area (Å²) >= 11 is 7.71. The Hall–Kier alpha value is -1.54. The molecule has 0 aliphatic heterocycles. The molecule has 0 aromatic heterocycles. The van der Waals surface area contributed by atoms with Crippen molar-refractivity contribution >= 4 is 45.0 Å². The van der Waals surface area contributed by atoms with Crippen molar-refractivity contribution in [2.45, 2.75) is 40.7 Å². The molecule has 0 atom stereocenters. The number of amides is 1. The van der Waals surface area contributed by atoms with Gasteiger partial charge in [-0.15, -0.1) is 11.8 Å². The van der Waals surface area contributed by atoms with Crippen LogP contribution in [0.25, 0.3) is 0 Å². The molecule has 3 N–H and O–H groups in total. The van der Waals surface area contributed by atoms with Crippen LogP contribution in [0.3, 0.4) is 0 Å². The van der Waals surface area contributed by atoms with Crippen LogP contribution < -0.4 is 10.5 Å². The van der Waals surface area contributed by atoms with E-state index >= 15 is 0 Å². The molecule has 0 unspecified atom stereocenters. The zero-order valence-corrected chi connectivity index (χ0v) is 16.3. The SMILES string of the molecule is NS(=O)(=O)c1cc(C(=O)Nc2ccc(SC3CCCC3)cc2)ccc1Cl. The van der Waals surface area contributed by atoms with Crippen molar-refractivity contribution in [3.63, 3.8) is 0 Å². The van der Waals surface area contributed by atoms with Crippen molar-refractivity contribution in [3.05, 3.63) is 53.1 Å². The number of benzene rings is 2. The van der Waals surface area contributed by atoms with Crippen LogP contribution in [-0.4, -0.2) is 19.6 Å². The highest BCUT2D eigenvalue weighted by atomic mass is 35.5. The third-order valence-electron chi connectivity index (χ3n) is 4.22. The number of nitrogens with one attached hydrogen (secondary N) is 1. The second-order valence-electron chi connectivity index (χ2n) is 6.19. The van der Waals surface area contributed by atoms with Crippen molar-refractivity contribution in [1.29, 1.82) is 0 Å². The van der Waals surface area contributed by atoms with E-state index in [1.807, 2.05) is 36.0 Å². The maximum atomic E-state index is 12.4. The Labute approximate surface area is 162 Å². The van der Waals surface area contributed by atoms with Gasteiger partial charge in [0.25, 0.3) is 5.91 Å². The van der Waals surface area contributed by atoms with Gasteiger partial charge < -0.3 is 5.32 Å². The topological polar surface area (TPSA) is 89.3 Å². The van der Waals surface area contributed by atoms with Crippen molar-refractivity contribution in [2.24, 2.45) is 5.14 Å². The Kier molecular flexibility index (Phi) is 5.92. The van der Waals surface area contributed by atoms with Gasteiger partial charge in [-0.3, -0.25) is 4.79 Å². The maximum Gasteiger partial charge on any atom is 0.255 e. The van der Waals surface area contributed by atoms with Gasteiger partial charge in [0.05, 0.1) is 5.02 Å². The fourth-order valence-electron chi connectivity index (χ4n) is 2.88. The molecule has 0 heterocycles. The summed E-state index contributed by atoms with van der Waals surface area (Å²) in [7, 11) is -3.99. The van der Waals surface area contributed by atoms with Crippen LogP contribution in [0, 0.1) is 0 Å². The molecule has 1 saturated carbocycles. The van der Waals surface area contributed by atoms with Crippen LogP contribution >= 0.6 is 23.4 Å². The van der Waals surface area contributed by atoms with Crippen molar-refractivity contribution in [1.82, 2.24) is 0 Å². The predicted octanol–water partition coefficient (Wildman–Crippen LogP) is 4.27. The van der Waals surface area contributed by atoms with Crippen LogP contribution in [0.2, 0.25) is 5.02 Å². The molecule has 1 amide bonds. The summed E-state index contributed by atoms with van der Waals surface area (Å²) in [5.41, 5.74) is 0.806. The van der Waals surface area contributed by atoms with Crippen LogP contribution in [0.1, 0.15) is 36.0 Å². The molecule has 26 heavy (non-hydrogen) atoms. The number of thioether (sulfide) groups is 1. The van der Waals surface area contributed by atoms with Gasteiger partial charge in [0.2, 0.25) is 10.0 Å². The minimum Gasteiger partial charge on any atom is -0.322 e. The molecule has 1 aliphatic rings. The van der Waals surface area contributed by atoms with E-state index < -0.39 is 15.9 Å². The Bertz CT molecular complexity index is 909. The summed E-state index contributed by atoms with van der Waals surface area (Å²) in [6, 6.07) is 11.6. The molecule has 3 rings (SSSR count). The van der Waals surface area contributed by atoms with Gasteiger partial charge in [-0.05, 0) is 55.3 Å². The van der Waals surface area contributed by atoms with Gasteiger partial charge in [-0.25, -0.2) is 13.6 Å². The number of carbonyl (C=O) groups excluding carboxylic acids is 1. The third-order valence-corrected chi connectivity index (χ3v) is 6.96. The lowest BCUT2D eigenvalue weighted by atomic mass is 10.2.